The van der Waals surface area contributed by atoms with Gasteiger partial charge in [-0.2, -0.15) is 0 Å². The van der Waals surface area contributed by atoms with Crippen molar-refractivity contribution < 1.29 is 121 Å². The van der Waals surface area contributed by atoms with E-state index in [0.29, 0.717) is 51.7 Å². The number of nitrogens with one attached hydrogen (secondary N) is 18. The number of nitrogens with two attached hydrogens (primary N) is 3. The van der Waals surface area contributed by atoms with Crippen LogP contribution in [0.2, 0.25) is 0 Å². The molecule has 20 amide bonds. The summed E-state index contributed by atoms with van der Waals surface area (Å²) in [7, 11) is 0. The Morgan fingerprint density at radius 1 is 0.465 bits per heavy atom. The molecule has 144 heavy (non-hydrogen) atoms. The van der Waals surface area contributed by atoms with Crippen molar-refractivity contribution in [2.45, 2.75) is 210 Å². The molecule has 0 spiro atoms. The number of phenols is 3. The molecule has 28 N–H and O–H groups in total. The highest BCUT2D eigenvalue weighted by atomic mass is 19.1. The first kappa shape index (κ1) is 113. The third-order valence-corrected chi connectivity index (χ3v) is 23.5. The van der Waals surface area contributed by atoms with Gasteiger partial charge in [-0.1, -0.05) is 88.7 Å². The summed E-state index contributed by atoms with van der Waals surface area (Å²) < 4.78 is 13.2. The van der Waals surface area contributed by atoms with E-state index in [1.54, 1.807) is 44.3 Å². The molecule has 1 aliphatic heterocycles. The number of aliphatic hydroxyl groups excluding tert-OH is 1. The summed E-state index contributed by atoms with van der Waals surface area (Å²) in [5.41, 5.74) is 19.5. The van der Waals surface area contributed by atoms with Crippen LogP contribution in [-0.2, 0) is 123 Å². The summed E-state index contributed by atoms with van der Waals surface area (Å²) in [5, 5.41) is 82.4. The van der Waals surface area contributed by atoms with Crippen LogP contribution in [0.4, 0.5) is 4.39 Å². The molecule has 0 saturated carbocycles. The van der Waals surface area contributed by atoms with E-state index in [1.165, 1.54) is 118 Å². The number of para-hydroxylation sites is 1. The minimum absolute atomic E-state index is 0.0571. The van der Waals surface area contributed by atoms with Crippen molar-refractivity contribution in [3.05, 3.63) is 179 Å². The van der Waals surface area contributed by atoms with Gasteiger partial charge in [0, 0.05) is 93.1 Å². The third-order valence-electron chi connectivity index (χ3n) is 23.5. The van der Waals surface area contributed by atoms with E-state index in [-0.39, 0.29) is 87.3 Å². The number of imidazole rings is 1. The maximum absolute atomic E-state index is 15.2. The molecule has 48 heteroatoms. The minimum atomic E-state index is -1.93. The molecule has 1 aliphatic rings. The largest absolute Gasteiger partial charge is 0.508 e. The van der Waals surface area contributed by atoms with Gasteiger partial charge in [0.25, 0.3) is 5.91 Å². The second-order valence-electron chi connectivity index (χ2n) is 35.1. The van der Waals surface area contributed by atoms with E-state index >= 15 is 4.79 Å². The maximum atomic E-state index is 15.2. The Morgan fingerprint density at radius 3 is 1.47 bits per heavy atom. The summed E-state index contributed by atoms with van der Waals surface area (Å²) in [6.07, 6.45) is 0.186. The fraction of sp³-hybridized carbons (Fsp3) is 0.427. The Kier molecular flexibility index (Phi) is 43.5. The SMILES string of the molecule is CC[C@H](C)[C@H](NC(=O)[C@@H](NC(=O)[C@H](CC(N)=O)NC(=O)[C@H](CCC(N)=O)NC(=O)[C@@H]1CCCN1C(=O)[C@@H](NC(=O)[C@H](Cc1ccc(O)cc1)NC(=O)CNC(=O)[C@H](Cc1ccc(O)cc1)NC(=O)[C@H](Cc1c[nH]c2ccccc12)NC(=O)[C@H](Cc1cnc[nH]1)NC(=O)[C@H](Cc1ccc(O)cc1)NC(C)=O)[C@@H](C)O)C(C)C)C(=O)NCC(=O)NCC(=O)NCC(=O)N[C@@H](CCCCNC(=O)c1ccc(F)cc1)C(N)=O. The molecule has 2 aromatic heterocycles. The topological polar surface area (TPSA) is 741 Å². The number of hydrogen-bond donors (Lipinski definition) is 25. The van der Waals surface area contributed by atoms with Gasteiger partial charge in [-0.05, 0) is 146 Å². The van der Waals surface area contributed by atoms with Crippen molar-refractivity contribution in [3.8, 4) is 17.2 Å². The molecular weight excluding hydrogens is 1880 g/mol. The molecule has 0 bridgehead atoms. The number of benzene rings is 5. The van der Waals surface area contributed by atoms with Gasteiger partial charge in [0.2, 0.25) is 112 Å². The Labute approximate surface area is 825 Å². The van der Waals surface area contributed by atoms with Crippen molar-refractivity contribution in [2.75, 3.05) is 39.3 Å². The number of halogens is 1. The van der Waals surface area contributed by atoms with E-state index in [4.69, 9.17) is 17.2 Å². The van der Waals surface area contributed by atoms with Crippen LogP contribution in [0, 0.1) is 17.7 Å². The Balaban J connectivity index is 0.897. The molecule has 14 atom stereocenters. The number of likely N-dealkylation sites (tertiary alicyclic amines) is 1. The lowest BCUT2D eigenvalue weighted by molar-refractivity contribution is -0.144. The van der Waals surface area contributed by atoms with Crippen molar-refractivity contribution in [1.82, 2.24) is 105 Å². The quantitative estimate of drug-likeness (QED) is 0.0161. The van der Waals surface area contributed by atoms with E-state index in [1.807, 2.05) is 0 Å². The molecule has 0 radical (unpaired) electrons. The number of amides is 20. The first-order valence-electron chi connectivity index (χ1n) is 46.5. The number of aliphatic hydroxyl groups is 1. The van der Waals surface area contributed by atoms with Gasteiger partial charge < -0.3 is 138 Å². The molecule has 774 valence electrons. The van der Waals surface area contributed by atoms with Crippen LogP contribution in [-0.4, -0.2) is 276 Å². The Hall–Kier alpha value is -16.5. The third kappa shape index (κ3) is 36.3. The van der Waals surface area contributed by atoms with Gasteiger partial charge in [0.1, 0.15) is 95.6 Å². The zero-order valence-electron chi connectivity index (χ0n) is 80.0. The number of fused-ring (bicyclic) bond motifs is 1. The van der Waals surface area contributed by atoms with Crippen molar-refractivity contribution in [1.29, 1.82) is 0 Å². The van der Waals surface area contributed by atoms with Crippen molar-refractivity contribution >= 4 is 129 Å². The minimum Gasteiger partial charge on any atom is -0.508 e. The summed E-state index contributed by atoms with van der Waals surface area (Å²) in [6.45, 7) is 5.53. The Morgan fingerprint density at radius 2 is 0.944 bits per heavy atom. The number of H-pyrrole nitrogens is 2. The van der Waals surface area contributed by atoms with E-state index in [9.17, 15) is 116 Å². The normalized spacial score (nSPS) is 14.8. The molecule has 7 aromatic rings. The maximum Gasteiger partial charge on any atom is 0.251 e. The zero-order valence-corrected chi connectivity index (χ0v) is 80.0. The number of rotatable bonds is 56. The van der Waals surface area contributed by atoms with Crippen LogP contribution < -0.4 is 102 Å². The smallest absolute Gasteiger partial charge is 0.251 e. The average Bonchev–Trinajstić information content (AvgIpc) is 1.45. The number of nitrogens with zero attached hydrogens (tertiary/aromatic N) is 2. The second-order valence-corrected chi connectivity index (χ2v) is 35.1. The van der Waals surface area contributed by atoms with Crippen LogP contribution in [0.25, 0.3) is 10.9 Å². The summed E-state index contributed by atoms with van der Waals surface area (Å²) in [4.78, 5) is 286. The lowest BCUT2D eigenvalue weighted by atomic mass is 9.96. The number of phenolic OH excluding ortho intramolecular Hbond substituents is 3. The molecule has 3 heterocycles. The highest BCUT2D eigenvalue weighted by Crippen LogP contribution is 2.25. The zero-order chi connectivity index (χ0) is 106. The van der Waals surface area contributed by atoms with Crippen molar-refractivity contribution in [2.24, 2.45) is 29.0 Å². The molecular formula is C96H124FN23O24. The number of aromatic nitrogens is 3. The number of aromatic amines is 2. The van der Waals surface area contributed by atoms with Crippen LogP contribution in [0.15, 0.2) is 140 Å². The van der Waals surface area contributed by atoms with Gasteiger partial charge in [0.15, 0.2) is 0 Å². The first-order valence-corrected chi connectivity index (χ1v) is 46.5. The van der Waals surface area contributed by atoms with Crippen LogP contribution in [0.3, 0.4) is 0 Å². The number of primary amides is 3. The number of carbonyl (C=O) groups excluding carboxylic acids is 20. The highest BCUT2D eigenvalue weighted by molar-refractivity contribution is 6.02. The van der Waals surface area contributed by atoms with Crippen LogP contribution in [0.5, 0.6) is 17.2 Å². The fourth-order valence-electron chi connectivity index (χ4n) is 15.4. The molecule has 47 nitrogen and oxygen atoms in total. The monoisotopic (exact) mass is 2000 g/mol. The predicted molar refractivity (Wildman–Crippen MR) is 513 cm³/mol. The first-order chi connectivity index (χ1) is 68.4. The summed E-state index contributed by atoms with van der Waals surface area (Å²) in [6, 6.07) is 9.79. The molecule has 1 fully saturated rings. The van der Waals surface area contributed by atoms with E-state index in [0.717, 1.165) is 24.0 Å². The number of unbranched alkanes of at least 4 members (excludes halogenated alkanes) is 1. The van der Waals surface area contributed by atoms with Crippen LogP contribution in [0.1, 0.15) is 138 Å². The van der Waals surface area contributed by atoms with Crippen LogP contribution >= 0.6 is 0 Å². The number of hydrogen-bond acceptors (Lipinski definition) is 25. The number of carbonyl (C=O) groups is 20. The van der Waals surface area contributed by atoms with E-state index < -0.39 is 266 Å². The lowest BCUT2D eigenvalue weighted by Gasteiger charge is -2.32. The average molecular weight is 2000 g/mol. The van der Waals surface area contributed by atoms with Gasteiger partial charge in [-0.15, -0.1) is 0 Å². The number of aromatic hydroxyl groups is 3. The fourth-order valence-corrected chi connectivity index (χ4v) is 15.4. The van der Waals surface area contributed by atoms with Gasteiger partial charge in [-0.3, -0.25) is 95.9 Å². The lowest BCUT2D eigenvalue weighted by Crippen LogP contribution is -2.62. The summed E-state index contributed by atoms with van der Waals surface area (Å²) in [5.74, 6) is -21.3. The Bertz CT molecular complexity index is 5690. The molecule has 0 unspecified atom stereocenters. The highest BCUT2D eigenvalue weighted by Gasteiger charge is 2.43. The van der Waals surface area contributed by atoms with E-state index in [2.05, 4.69) is 100 Å². The second kappa shape index (κ2) is 55.5. The predicted octanol–water partition coefficient (Wildman–Crippen LogP) is -4.22. The summed E-state index contributed by atoms with van der Waals surface area (Å²) >= 11 is 0. The van der Waals surface area contributed by atoms with Crippen molar-refractivity contribution in [3.63, 3.8) is 0 Å². The molecule has 1 saturated heterocycles. The molecule has 0 aliphatic carbocycles. The standard InChI is InChI=1S/C96H124FN23O24/c1-7-51(4)82(94(142)107-46-78(129)104-45-77(128)105-47-79(130)110-66(84(100)132)15-10-11-35-102-85(133)57-23-25-59(97)26-24-57)118-95(143)81(50(2)3)117-92(140)73(42-76(99)127)116-87(135)67(33-34-75(98)126)112-93(141)74-16-12-36-120(74)96(144)83(52(5)121)119-91(139)70(39-56-21-31-63(125)32-22-56)111-80(131)48-106-86(134)68(37-54-17-27-61(123)28-18-54)113-89(137)71(40-58-43-103-65-14-9-8-13-64(58)65)114-90(138)72(41-60-44-101-49-108-60)115-88(136)69(109-53(6)122)38-55-19-29-62(124)30-20-55/h8-9,13-14,17-32,43-44,49-52,66-74,81-83,103,121,123-125H,7,10-12,15-16,33-42,45-48H2,1-6H3,(H2,98,126)(H2,99,127)(H2,100,132)(H,101,108)(H,102,133)(H,104,129)(H,105,128)(H,106,134)(H,107,142)(H,109,122)(H,110,130)(H,111,131)(H,112,141)(H,113,137)(H,114,138)(H,115,136)(H,116,135)(H,117,140)(H,118,143)(H,119,139)/t51-,52+,66-,67-,68-,69-,70-,71-,72-,73-,74-,81-,82-,83-/m0/s1. The van der Waals surface area contributed by atoms with Gasteiger partial charge in [-0.25, -0.2) is 9.37 Å². The molecule has 5 aromatic carbocycles. The van der Waals surface area contributed by atoms with Gasteiger partial charge in [0.05, 0.1) is 45.0 Å². The van der Waals surface area contributed by atoms with Gasteiger partial charge >= 0.3 is 0 Å². The molecule has 8 rings (SSSR count).